The van der Waals surface area contributed by atoms with Crippen LogP contribution in [0.15, 0.2) is 42.5 Å². The Morgan fingerprint density at radius 3 is 2.56 bits per heavy atom. The van der Waals surface area contributed by atoms with Gasteiger partial charge in [-0.1, -0.05) is 12.1 Å². The molecule has 0 atom stereocenters. The Hall–Kier alpha value is -3.26. The third-order valence-corrected chi connectivity index (χ3v) is 4.16. The first-order chi connectivity index (χ1) is 12.2. The Morgan fingerprint density at radius 2 is 1.96 bits per heavy atom. The summed E-state index contributed by atoms with van der Waals surface area (Å²) in [6.45, 7) is 5.34. The van der Waals surface area contributed by atoms with Crippen LogP contribution in [0.5, 0.6) is 5.75 Å². The number of nitrogens with one attached hydrogen (secondary N) is 1. The predicted octanol–water partition coefficient (Wildman–Crippen LogP) is 4.17. The number of ether oxygens (including phenoxy) is 1. The minimum atomic E-state index is 0.599. The van der Waals surface area contributed by atoms with Gasteiger partial charge in [0, 0.05) is 23.7 Å². The zero-order chi connectivity index (χ0) is 17.8. The van der Waals surface area contributed by atoms with Gasteiger partial charge in [0.25, 0.3) is 0 Å². The standard InChI is InChI=1S/C20H19N3O2/c1-3-23-19-11-16(25-4-2)9-10-17(19)18(12-21)20(23)14-5-7-15(8-6-14)22-13-24/h5-11,13H,3-4H2,1-2H3,(H,22,24). The number of aromatic nitrogens is 1. The van der Waals surface area contributed by atoms with Gasteiger partial charge in [-0.25, -0.2) is 0 Å². The van der Waals surface area contributed by atoms with Crippen LogP contribution in [0.2, 0.25) is 0 Å². The van der Waals surface area contributed by atoms with Crippen molar-refractivity contribution in [3.63, 3.8) is 0 Å². The average molecular weight is 333 g/mol. The number of fused-ring (bicyclic) bond motifs is 1. The Morgan fingerprint density at radius 1 is 1.20 bits per heavy atom. The lowest BCUT2D eigenvalue weighted by Gasteiger charge is -2.10. The lowest BCUT2D eigenvalue weighted by atomic mass is 10.1. The lowest BCUT2D eigenvalue weighted by Crippen LogP contribution is -1.99. The van der Waals surface area contributed by atoms with E-state index in [0.29, 0.717) is 18.6 Å². The summed E-state index contributed by atoms with van der Waals surface area (Å²) in [5, 5.41) is 13.3. The van der Waals surface area contributed by atoms with E-state index < -0.39 is 0 Å². The summed E-state index contributed by atoms with van der Waals surface area (Å²) in [4.78, 5) is 10.6. The molecule has 5 nitrogen and oxygen atoms in total. The molecular weight excluding hydrogens is 314 g/mol. The van der Waals surface area contributed by atoms with E-state index >= 15 is 0 Å². The highest BCUT2D eigenvalue weighted by atomic mass is 16.5. The van der Waals surface area contributed by atoms with E-state index in [0.717, 1.165) is 40.1 Å². The number of anilines is 1. The van der Waals surface area contributed by atoms with Crippen LogP contribution in [-0.4, -0.2) is 17.6 Å². The largest absolute Gasteiger partial charge is 0.494 e. The zero-order valence-corrected chi connectivity index (χ0v) is 14.2. The topological polar surface area (TPSA) is 67.0 Å². The first kappa shape index (κ1) is 16.6. The van der Waals surface area contributed by atoms with E-state index in [2.05, 4.69) is 22.9 Å². The molecule has 0 aliphatic rings. The van der Waals surface area contributed by atoms with Gasteiger partial charge in [0.05, 0.1) is 23.4 Å². The molecule has 0 spiro atoms. The van der Waals surface area contributed by atoms with Crippen LogP contribution in [0.4, 0.5) is 5.69 Å². The third kappa shape index (κ3) is 2.94. The van der Waals surface area contributed by atoms with Gasteiger partial charge in [-0.15, -0.1) is 0 Å². The molecule has 0 aliphatic carbocycles. The molecule has 0 radical (unpaired) electrons. The molecule has 0 fully saturated rings. The van der Waals surface area contributed by atoms with Gasteiger partial charge in [-0.05, 0) is 43.7 Å². The highest BCUT2D eigenvalue weighted by molar-refractivity contribution is 5.95. The van der Waals surface area contributed by atoms with Gasteiger partial charge in [0.1, 0.15) is 11.8 Å². The normalized spacial score (nSPS) is 10.4. The minimum absolute atomic E-state index is 0.599. The minimum Gasteiger partial charge on any atom is -0.494 e. The molecule has 25 heavy (non-hydrogen) atoms. The molecule has 3 rings (SSSR count). The predicted molar refractivity (Wildman–Crippen MR) is 98.6 cm³/mol. The number of benzene rings is 2. The smallest absolute Gasteiger partial charge is 0.211 e. The Labute approximate surface area is 146 Å². The molecule has 0 bridgehead atoms. The van der Waals surface area contributed by atoms with Crippen LogP contribution < -0.4 is 10.1 Å². The molecule has 0 saturated carbocycles. The fourth-order valence-electron chi connectivity index (χ4n) is 3.12. The second-order valence-electron chi connectivity index (χ2n) is 5.53. The number of carbonyl (C=O) groups excluding carboxylic acids is 1. The van der Waals surface area contributed by atoms with Gasteiger partial charge in [0.2, 0.25) is 6.41 Å². The first-order valence-corrected chi connectivity index (χ1v) is 8.23. The van der Waals surface area contributed by atoms with Crippen LogP contribution in [0.3, 0.4) is 0 Å². The van der Waals surface area contributed by atoms with Gasteiger partial charge >= 0.3 is 0 Å². The van der Waals surface area contributed by atoms with Gasteiger partial charge < -0.3 is 14.6 Å². The van der Waals surface area contributed by atoms with Gasteiger partial charge in [0.15, 0.2) is 0 Å². The lowest BCUT2D eigenvalue weighted by molar-refractivity contribution is -0.105. The van der Waals surface area contributed by atoms with E-state index in [1.54, 1.807) is 0 Å². The van der Waals surface area contributed by atoms with Crippen molar-refractivity contribution in [3.8, 4) is 23.1 Å². The average Bonchev–Trinajstić information content (AvgIpc) is 2.95. The van der Waals surface area contributed by atoms with Crippen molar-refractivity contribution < 1.29 is 9.53 Å². The number of hydrogen-bond acceptors (Lipinski definition) is 3. The van der Waals surface area contributed by atoms with E-state index in [4.69, 9.17) is 4.74 Å². The molecule has 1 N–H and O–H groups in total. The Bertz CT molecular complexity index is 950. The number of hydrogen-bond donors (Lipinski definition) is 1. The van der Waals surface area contributed by atoms with Crippen molar-refractivity contribution in [2.24, 2.45) is 0 Å². The molecule has 0 aliphatic heterocycles. The summed E-state index contributed by atoms with van der Waals surface area (Å²) >= 11 is 0. The molecular formula is C20H19N3O2. The monoisotopic (exact) mass is 333 g/mol. The molecule has 0 saturated heterocycles. The highest BCUT2D eigenvalue weighted by Crippen LogP contribution is 2.35. The van der Waals surface area contributed by atoms with E-state index in [1.807, 2.05) is 49.4 Å². The van der Waals surface area contributed by atoms with Crippen molar-refractivity contribution in [1.29, 1.82) is 5.26 Å². The van der Waals surface area contributed by atoms with E-state index in [1.165, 1.54) is 0 Å². The van der Waals surface area contributed by atoms with Crippen LogP contribution >= 0.6 is 0 Å². The van der Waals surface area contributed by atoms with Crippen molar-refractivity contribution in [2.45, 2.75) is 20.4 Å². The maximum Gasteiger partial charge on any atom is 0.211 e. The second-order valence-corrected chi connectivity index (χ2v) is 5.53. The number of nitrogens with zero attached hydrogens (tertiary/aromatic N) is 2. The highest BCUT2D eigenvalue weighted by Gasteiger charge is 2.18. The maximum atomic E-state index is 10.6. The Kier molecular flexibility index (Phi) is 4.71. The van der Waals surface area contributed by atoms with Crippen molar-refractivity contribution >= 4 is 23.0 Å². The van der Waals surface area contributed by atoms with Crippen LogP contribution in [0, 0.1) is 11.3 Å². The van der Waals surface area contributed by atoms with Gasteiger partial charge in [-0.3, -0.25) is 4.79 Å². The van der Waals surface area contributed by atoms with Crippen molar-refractivity contribution in [1.82, 2.24) is 4.57 Å². The molecule has 0 unspecified atom stereocenters. The summed E-state index contributed by atoms with van der Waals surface area (Å²) in [6.07, 6.45) is 0.647. The molecule has 126 valence electrons. The maximum absolute atomic E-state index is 10.6. The fraction of sp³-hybridized carbons (Fsp3) is 0.200. The molecule has 5 heteroatoms. The van der Waals surface area contributed by atoms with Crippen molar-refractivity contribution in [3.05, 3.63) is 48.0 Å². The SMILES string of the molecule is CCOc1ccc2c(C#N)c(-c3ccc(NC=O)cc3)n(CC)c2c1. The molecule has 2 aromatic carbocycles. The zero-order valence-electron chi connectivity index (χ0n) is 14.2. The van der Waals surface area contributed by atoms with Crippen LogP contribution in [0.1, 0.15) is 19.4 Å². The summed E-state index contributed by atoms with van der Waals surface area (Å²) in [6, 6.07) is 15.6. The summed E-state index contributed by atoms with van der Waals surface area (Å²) < 4.78 is 7.73. The number of aryl methyl sites for hydroxylation is 1. The van der Waals surface area contributed by atoms with E-state index in [-0.39, 0.29) is 0 Å². The third-order valence-electron chi connectivity index (χ3n) is 4.16. The van der Waals surface area contributed by atoms with E-state index in [9.17, 15) is 10.1 Å². The summed E-state index contributed by atoms with van der Waals surface area (Å²) in [7, 11) is 0. The van der Waals surface area contributed by atoms with Gasteiger partial charge in [-0.2, -0.15) is 5.26 Å². The molecule has 1 aromatic heterocycles. The summed E-state index contributed by atoms with van der Waals surface area (Å²) in [5.74, 6) is 0.795. The molecule has 3 aromatic rings. The molecule has 1 amide bonds. The fourth-order valence-corrected chi connectivity index (χ4v) is 3.12. The molecule has 1 heterocycles. The first-order valence-electron chi connectivity index (χ1n) is 8.23. The van der Waals surface area contributed by atoms with Crippen LogP contribution in [0.25, 0.3) is 22.2 Å². The van der Waals surface area contributed by atoms with Crippen molar-refractivity contribution in [2.75, 3.05) is 11.9 Å². The Balaban J connectivity index is 2.22. The number of nitriles is 1. The number of amides is 1. The summed E-state index contributed by atoms with van der Waals surface area (Å²) in [5.41, 5.74) is 4.16. The number of carbonyl (C=O) groups is 1. The van der Waals surface area contributed by atoms with Crippen LogP contribution in [-0.2, 0) is 11.3 Å². The second kappa shape index (κ2) is 7.10. The number of rotatable bonds is 6. The quantitative estimate of drug-likeness (QED) is 0.689.